The molecule has 1 aromatic rings. The Balaban J connectivity index is 2.55. The largest absolute Gasteiger partial charge is 0.484 e. The molecule has 0 aromatic heterocycles. The second-order valence-corrected chi connectivity index (χ2v) is 2.80. The number of alkyl halides is 3. The first kappa shape index (κ1) is 12.2. The summed E-state index contributed by atoms with van der Waals surface area (Å²) in [5, 5.41) is 0. The molecule has 0 saturated carbocycles. The molecule has 0 radical (unpaired) electrons. The number of hydrogen-bond donors (Lipinski definition) is 1. The number of benzene rings is 1. The van der Waals surface area contributed by atoms with Gasteiger partial charge in [0.15, 0.2) is 6.61 Å². The molecule has 0 heterocycles. The minimum atomic E-state index is -4.39. The molecule has 0 fully saturated rings. The van der Waals surface area contributed by atoms with Crippen LogP contribution in [0.2, 0.25) is 0 Å². The minimum absolute atomic E-state index is 0.0224. The fourth-order valence-corrected chi connectivity index (χ4v) is 0.885. The molecular formula is C9H8F3NO3. The molecule has 2 N–H and O–H groups in total. The van der Waals surface area contributed by atoms with Gasteiger partial charge in [0.25, 0.3) is 0 Å². The molecule has 1 aromatic carbocycles. The molecule has 0 aliphatic heterocycles. The quantitative estimate of drug-likeness (QED) is 0.872. The second kappa shape index (κ2) is 4.73. The molecule has 1 amide bonds. The molecule has 0 spiro atoms. The molecule has 0 bridgehead atoms. The van der Waals surface area contributed by atoms with Gasteiger partial charge in [-0.1, -0.05) is 0 Å². The van der Waals surface area contributed by atoms with Crippen LogP contribution in [0.15, 0.2) is 24.3 Å². The zero-order valence-corrected chi connectivity index (χ0v) is 7.95. The van der Waals surface area contributed by atoms with Crippen molar-refractivity contribution in [1.29, 1.82) is 0 Å². The summed E-state index contributed by atoms with van der Waals surface area (Å²) in [5.41, 5.74) is 4.74. The zero-order chi connectivity index (χ0) is 12.2. The van der Waals surface area contributed by atoms with E-state index in [2.05, 4.69) is 9.47 Å². The van der Waals surface area contributed by atoms with Crippen molar-refractivity contribution in [2.75, 3.05) is 6.61 Å². The third-order valence-electron chi connectivity index (χ3n) is 1.44. The molecule has 0 atom stereocenters. The van der Waals surface area contributed by atoms with Crippen LogP contribution < -0.4 is 15.2 Å². The molecule has 16 heavy (non-hydrogen) atoms. The van der Waals surface area contributed by atoms with Gasteiger partial charge in [-0.3, -0.25) is 0 Å². The molecule has 0 aliphatic rings. The van der Waals surface area contributed by atoms with Crippen molar-refractivity contribution >= 4 is 6.09 Å². The molecule has 1 rings (SSSR count). The van der Waals surface area contributed by atoms with Crippen LogP contribution in [0.3, 0.4) is 0 Å². The van der Waals surface area contributed by atoms with Gasteiger partial charge in [-0.25, -0.2) is 4.79 Å². The number of ether oxygens (including phenoxy) is 2. The Bertz CT molecular complexity index is 361. The van der Waals surface area contributed by atoms with Crippen LogP contribution in [0.4, 0.5) is 18.0 Å². The zero-order valence-electron chi connectivity index (χ0n) is 7.95. The van der Waals surface area contributed by atoms with Crippen molar-refractivity contribution in [3.8, 4) is 11.5 Å². The van der Waals surface area contributed by atoms with Gasteiger partial charge in [-0.15, -0.1) is 0 Å². The van der Waals surface area contributed by atoms with Gasteiger partial charge >= 0.3 is 12.3 Å². The Labute approximate surface area is 88.8 Å². The molecular weight excluding hydrogens is 227 g/mol. The van der Waals surface area contributed by atoms with Crippen LogP contribution in [-0.4, -0.2) is 18.9 Å². The fourth-order valence-electron chi connectivity index (χ4n) is 0.885. The Hall–Kier alpha value is -1.92. The van der Waals surface area contributed by atoms with Crippen molar-refractivity contribution < 1.29 is 27.4 Å². The molecule has 4 nitrogen and oxygen atoms in total. The first-order chi connectivity index (χ1) is 7.37. The number of hydrogen-bond acceptors (Lipinski definition) is 3. The number of amides is 1. The first-order valence-electron chi connectivity index (χ1n) is 4.14. The van der Waals surface area contributed by atoms with Gasteiger partial charge in [0, 0.05) is 0 Å². The first-order valence-corrected chi connectivity index (χ1v) is 4.14. The molecule has 7 heteroatoms. The number of primary amides is 1. The standard InChI is InChI=1S/C9H8F3NO3/c10-9(11,12)5-15-6-1-3-7(4-2-6)16-8(13)14/h1-4H,5H2,(H2,13,14). The van der Waals surface area contributed by atoms with Gasteiger partial charge in [-0.05, 0) is 24.3 Å². The molecule has 0 aliphatic carbocycles. The van der Waals surface area contributed by atoms with Crippen LogP contribution in [-0.2, 0) is 0 Å². The van der Waals surface area contributed by atoms with Crippen LogP contribution >= 0.6 is 0 Å². The van der Waals surface area contributed by atoms with E-state index < -0.39 is 18.9 Å². The van der Waals surface area contributed by atoms with Crippen LogP contribution in [0.1, 0.15) is 0 Å². The van der Waals surface area contributed by atoms with Crippen LogP contribution in [0.25, 0.3) is 0 Å². The summed E-state index contributed by atoms with van der Waals surface area (Å²) in [7, 11) is 0. The average Bonchev–Trinajstić information content (AvgIpc) is 2.14. The summed E-state index contributed by atoms with van der Waals surface area (Å²) in [5.74, 6) is 0.154. The van der Waals surface area contributed by atoms with Crippen LogP contribution in [0, 0.1) is 0 Å². The normalized spacial score (nSPS) is 10.9. The fraction of sp³-hybridized carbons (Fsp3) is 0.222. The van der Waals surface area contributed by atoms with Gasteiger partial charge in [0.1, 0.15) is 11.5 Å². The Kier molecular flexibility index (Phi) is 3.60. The van der Waals surface area contributed by atoms with Crippen molar-refractivity contribution in [3.05, 3.63) is 24.3 Å². The highest BCUT2D eigenvalue weighted by molar-refractivity contribution is 5.68. The van der Waals surface area contributed by atoms with Crippen molar-refractivity contribution in [1.82, 2.24) is 0 Å². The number of nitrogens with two attached hydrogens (primary N) is 1. The van der Waals surface area contributed by atoms with Crippen molar-refractivity contribution in [2.24, 2.45) is 5.73 Å². The summed E-state index contributed by atoms with van der Waals surface area (Å²) in [6.07, 6.45) is -5.38. The summed E-state index contributed by atoms with van der Waals surface area (Å²) in [6, 6.07) is 5.03. The summed E-state index contributed by atoms with van der Waals surface area (Å²) in [6.45, 7) is -1.37. The van der Waals surface area contributed by atoms with E-state index in [1.165, 1.54) is 24.3 Å². The van der Waals surface area contributed by atoms with Gasteiger partial charge in [0.2, 0.25) is 0 Å². The van der Waals surface area contributed by atoms with E-state index in [0.29, 0.717) is 0 Å². The Morgan fingerprint density at radius 1 is 1.19 bits per heavy atom. The predicted octanol–water partition coefficient (Wildman–Crippen LogP) is 2.09. The average molecular weight is 235 g/mol. The summed E-state index contributed by atoms with van der Waals surface area (Å²) >= 11 is 0. The van der Waals surface area contributed by atoms with E-state index in [9.17, 15) is 18.0 Å². The van der Waals surface area contributed by atoms with E-state index >= 15 is 0 Å². The van der Waals surface area contributed by atoms with Gasteiger partial charge < -0.3 is 15.2 Å². The molecule has 0 unspecified atom stereocenters. The lowest BCUT2D eigenvalue weighted by Gasteiger charge is -2.09. The Morgan fingerprint density at radius 3 is 2.12 bits per heavy atom. The maximum absolute atomic E-state index is 11.8. The third-order valence-corrected chi connectivity index (χ3v) is 1.44. The second-order valence-electron chi connectivity index (χ2n) is 2.80. The van der Waals surface area contributed by atoms with E-state index in [0.717, 1.165) is 0 Å². The highest BCUT2D eigenvalue weighted by atomic mass is 19.4. The minimum Gasteiger partial charge on any atom is -0.484 e. The number of rotatable bonds is 3. The van der Waals surface area contributed by atoms with Gasteiger partial charge in [0.05, 0.1) is 0 Å². The third kappa shape index (κ3) is 4.54. The summed E-state index contributed by atoms with van der Waals surface area (Å²) in [4.78, 5) is 10.3. The maximum atomic E-state index is 11.8. The SMILES string of the molecule is NC(=O)Oc1ccc(OCC(F)(F)F)cc1. The topological polar surface area (TPSA) is 61.6 Å². The van der Waals surface area contributed by atoms with Gasteiger partial charge in [-0.2, -0.15) is 13.2 Å². The van der Waals surface area contributed by atoms with E-state index in [4.69, 9.17) is 5.73 Å². The maximum Gasteiger partial charge on any atom is 0.422 e. The molecule has 88 valence electrons. The smallest absolute Gasteiger partial charge is 0.422 e. The van der Waals surface area contributed by atoms with E-state index in [-0.39, 0.29) is 11.5 Å². The predicted molar refractivity (Wildman–Crippen MR) is 48.2 cm³/mol. The number of carbonyl (C=O) groups is 1. The van der Waals surface area contributed by atoms with Crippen molar-refractivity contribution in [2.45, 2.75) is 6.18 Å². The lowest BCUT2D eigenvalue weighted by atomic mass is 10.3. The number of halogens is 3. The molecule has 0 saturated heterocycles. The lowest BCUT2D eigenvalue weighted by Crippen LogP contribution is -2.19. The van der Waals surface area contributed by atoms with E-state index in [1.54, 1.807) is 0 Å². The summed E-state index contributed by atoms with van der Waals surface area (Å²) < 4.78 is 44.3. The highest BCUT2D eigenvalue weighted by Crippen LogP contribution is 2.21. The van der Waals surface area contributed by atoms with Crippen molar-refractivity contribution in [3.63, 3.8) is 0 Å². The lowest BCUT2D eigenvalue weighted by molar-refractivity contribution is -0.153. The highest BCUT2D eigenvalue weighted by Gasteiger charge is 2.28. The number of carbonyl (C=O) groups excluding carboxylic acids is 1. The van der Waals surface area contributed by atoms with E-state index in [1.807, 2.05) is 0 Å². The van der Waals surface area contributed by atoms with Crippen LogP contribution in [0.5, 0.6) is 11.5 Å². The Morgan fingerprint density at radius 2 is 1.69 bits per heavy atom. The monoisotopic (exact) mass is 235 g/mol.